The Hall–Kier alpha value is -4.20. The molecule has 1 aromatic carbocycles. The molecule has 1 fully saturated rings. The number of aromatic nitrogens is 4. The van der Waals surface area contributed by atoms with Crippen LogP contribution in [-0.4, -0.2) is 59.1 Å². The van der Waals surface area contributed by atoms with Gasteiger partial charge in [0.05, 0.1) is 17.4 Å². The summed E-state index contributed by atoms with van der Waals surface area (Å²) < 4.78 is 71.6. The Balaban J connectivity index is 1.30. The highest BCUT2D eigenvalue weighted by atomic mass is 32.2. The molecule has 0 spiro atoms. The van der Waals surface area contributed by atoms with Crippen molar-refractivity contribution in [2.75, 3.05) is 24.2 Å². The van der Waals surface area contributed by atoms with Crippen molar-refractivity contribution in [2.24, 2.45) is 0 Å². The van der Waals surface area contributed by atoms with Gasteiger partial charge in [0.25, 0.3) is 11.4 Å². The third kappa shape index (κ3) is 6.50. The molecule has 40 heavy (non-hydrogen) atoms. The quantitative estimate of drug-likeness (QED) is 0.323. The standard InChI is InChI=1S/C26H24F3N5O5S/c1-40(36,37)21-9-12-33(13-10-21)22-14-17(8-11-30-22)15-34-16-19(4-7-23(34)35)25-31-24(32-39-25)18-2-5-20(6-3-18)38-26(27,28)29/h2-8,11,14,16,21H,9-10,12-13,15H2,1H3. The number of benzene rings is 1. The number of rotatable bonds is 7. The molecule has 0 atom stereocenters. The first-order chi connectivity index (χ1) is 18.9. The number of halogens is 3. The largest absolute Gasteiger partial charge is 0.573 e. The average molecular weight is 576 g/mol. The second-order valence-electron chi connectivity index (χ2n) is 9.42. The van der Waals surface area contributed by atoms with Crippen molar-refractivity contribution < 1.29 is 30.8 Å². The first-order valence-electron chi connectivity index (χ1n) is 12.2. The summed E-state index contributed by atoms with van der Waals surface area (Å²) >= 11 is 0. The Morgan fingerprint density at radius 3 is 2.42 bits per heavy atom. The van der Waals surface area contributed by atoms with Gasteiger partial charge in [-0.25, -0.2) is 13.4 Å². The minimum atomic E-state index is -4.79. The van der Waals surface area contributed by atoms with Gasteiger partial charge >= 0.3 is 6.36 Å². The fourth-order valence-corrected chi connectivity index (χ4v) is 5.55. The van der Waals surface area contributed by atoms with Crippen LogP contribution in [0, 0.1) is 0 Å². The van der Waals surface area contributed by atoms with Crippen LogP contribution in [-0.2, 0) is 16.4 Å². The zero-order chi connectivity index (χ0) is 28.5. The minimum Gasteiger partial charge on any atom is -0.406 e. The molecule has 0 unspecified atom stereocenters. The van der Waals surface area contributed by atoms with Crippen LogP contribution in [0.15, 0.2) is 70.2 Å². The third-order valence-corrected chi connectivity index (χ3v) is 8.22. The van der Waals surface area contributed by atoms with Gasteiger partial charge < -0.3 is 18.7 Å². The smallest absolute Gasteiger partial charge is 0.406 e. The number of anilines is 1. The van der Waals surface area contributed by atoms with Gasteiger partial charge in [-0.05, 0) is 60.9 Å². The summed E-state index contributed by atoms with van der Waals surface area (Å²) in [5, 5.41) is 3.55. The monoisotopic (exact) mass is 575 g/mol. The summed E-state index contributed by atoms with van der Waals surface area (Å²) in [6, 6.07) is 11.6. The van der Waals surface area contributed by atoms with Gasteiger partial charge in [0.15, 0.2) is 0 Å². The molecule has 0 N–H and O–H groups in total. The minimum absolute atomic E-state index is 0.128. The van der Waals surface area contributed by atoms with Crippen molar-refractivity contribution in [3.63, 3.8) is 0 Å². The number of hydrogen-bond acceptors (Lipinski definition) is 9. The normalized spacial score (nSPS) is 14.8. The molecule has 0 radical (unpaired) electrons. The topological polar surface area (TPSA) is 120 Å². The van der Waals surface area contributed by atoms with Crippen molar-refractivity contribution in [1.82, 2.24) is 19.7 Å². The summed E-state index contributed by atoms with van der Waals surface area (Å²) in [7, 11) is -3.08. The van der Waals surface area contributed by atoms with Gasteiger partial charge in [-0.2, -0.15) is 4.98 Å². The molecule has 0 aliphatic carbocycles. The van der Waals surface area contributed by atoms with Crippen molar-refractivity contribution in [1.29, 1.82) is 0 Å². The van der Waals surface area contributed by atoms with Gasteiger partial charge in [-0.3, -0.25) is 4.79 Å². The van der Waals surface area contributed by atoms with Gasteiger partial charge in [0.2, 0.25) is 5.82 Å². The predicted octanol–water partition coefficient (Wildman–Crippen LogP) is 3.92. The molecule has 0 bridgehead atoms. The van der Waals surface area contributed by atoms with Crippen LogP contribution in [0.5, 0.6) is 5.75 Å². The molecule has 4 heterocycles. The summed E-state index contributed by atoms with van der Waals surface area (Å²) in [4.78, 5) is 23.4. The summed E-state index contributed by atoms with van der Waals surface area (Å²) in [5.41, 5.74) is 1.47. The Bertz CT molecular complexity index is 1660. The lowest BCUT2D eigenvalue weighted by atomic mass is 10.1. The SMILES string of the molecule is CS(=O)(=O)C1CCN(c2cc(Cn3cc(-c4nc(-c5ccc(OC(F)(F)F)cc5)no4)ccc3=O)ccn2)CC1. The predicted molar refractivity (Wildman–Crippen MR) is 140 cm³/mol. The van der Waals surface area contributed by atoms with Crippen LogP contribution in [0.1, 0.15) is 18.4 Å². The highest BCUT2D eigenvalue weighted by molar-refractivity contribution is 7.91. The number of sulfone groups is 1. The lowest BCUT2D eigenvalue weighted by molar-refractivity contribution is -0.274. The fourth-order valence-electron chi connectivity index (χ4n) is 4.49. The number of hydrogen-bond donors (Lipinski definition) is 0. The lowest BCUT2D eigenvalue weighted by Gasteiger charge is -2.32. The lowest BCUT2D eigenvalue weighted by Crippen LogP contribution is -2.39. The molecule has 14 heteroatoms. The molecule has 0 saturated carbocycles. The highest BCUT2D eigenvalue weighted by Gasteiger charge is 2.31. The van der Waals surface area contributed by atoms with Crippen molar-refractivity contribution in [2.45, 2.75) is 31.0 Å². The number of alkyl halides is 3. The number of pyridine rings is 2. The molecule has 1 aliphatic rings. The summed E-state index contributed by atoms with van der Waals surface area (Å²) in [5.74, 6) is 0.625. The second-order valence-corrected chi connectivity index (χ2v) is 11.7. The molecule has 1 aliphatic heterocycles. The van der Waals surface area contributed by atoms with Crippen LogP contribution in [0.2, 0.25) is 0 Å². The van der Waals surface area contributed by atoms with Crippen LogP contribution < -0.4 is 15.2 Å². The number of piperidine rings is 1. The van der Waals surface area contributed by atoms with E-state index in [1.807, 2.05) is 11.0 Å². The van der Waals surface area contributed by atoms with Gasteiger partial charge in [0, 0.05) is 43.4 Å². The maximum Gasteiger partial charge on any atom is 0.573 e. The van der Waals surface area contributed by atoms with Crippen LogP contribution in [0.3, 0.4) is 0 Å². The van der Waals surface area contributed by atoms with E-state index in [2.05, 4.69) is 19.9 Å². The summed E-state index contributed by atoms with van der Waals surface area (Å²) in [6.07, 6.45) is 0.767. The van der Waals surface area contributed by atoms with E-state index in [9.17, 15) is 26.4 Å². The molecule has 5 rings (SSSR count). The number of nitrogens with zero attached hydrogens (tertiary/aromatic N) is 5. The fraction of sp³-hybridized carbons (Fsp3) is 0.308. The maximum absolute atomic E-state index is 12.6. The Kier molecular flexibility index (Phi) is 7.36. The zero-order valence-electron chi connectivity index (χ0n) is 21.2. The first-order valence-corrected chi connectivity index (χ1v) is 14.2. The molecule has 10 nitrogen and oxygen atoms in total. The van der Waals surface area contributed by atoms with E-state index >= 15 is 0 Å². The third-order valence-electron chi connectivity index (χ3n) is 6.54. The van der Waals surface area contributed by atoms with E-state index in [1.165, 1.54) is 29.0 Å². The van der Waals surface area contributed by atoms with Crippen LogP contribution >= 0.6 is 0 Å². The molecular formula is C26H24F3N5O5S. The van der Waals surface area contributed by atoms with Crippen molar-refractivity contribution >= 4 is 15.7 Å². The maximum atomic E-state index is 12.6. The Morgan fingerprint density at radius 1 is 1.05 bits per heavy atom. The van der Waals surface area contributed by atoms with E-state index in [0.717, 1.165) is 17.7 Å². The number of ether oxygens (including phenoxy) is 1. The molecule has 3 aromatic heterocycles. The van der Waals surface area contributed by atoms with E-state index in [0.29, 0.717) is 42.9 Å². The molecule has 4 aromatic rings. The first kappa shape index (κ1) is 27.4. The highest BCUT2D eigenvalue weighted by Crippen LogP contribution is 2.27. The zero-order valence-corrected chi connectivity index (χ0v) is 22.0. The van der Waals surface area contributed by atoms with Crippen LogP contribution in [0.25, 0.3) is 22.8 Å². The van der Waals surface area contributed by atoms with Gasteiger partial charge in [0.1, 0.15) is 21.4 Å². The van der Waals surface area contributed by atoms with Gasteiger partial charge in [-0.15, -0.1) is 13.2 Å². The van der Waals surface area contributed by atoms with Crippen molar-refractivity contribution in [3.8, 4) is 28.6 Å². The summed E-state index contributed by atoms with van der Waals surface area (Å²) in [6.45, 7) is 1.38. The second kappa shape index (κ2) is 10.8. The van der Waals surface area contributed by atoms with E-state index < -0.39 is 16.2 Å². The molecule has 0 amide bonds. The molecule has 1 saturated heterocycles. The van der Waals surface area contributed by atoms with E-state index in [-0.39, 0.29) is 34.8 Å². The average Bonchev–Trinajstić information content (AvgIpc) is 3.40. The van der Waals surface area contributed by atoms with E-state index in [4.69, 9.17) is 4.52 Å². The van der Waals surface area contributed by atoms with Crippen LogP contribution in [0.4, 0.5) is 19.0 Å². The van der Waals surface area contributed by atoms with Crippen molar-refractivity contribution in [3.05, 3.63) is 76.8 Å². The molecule has 210 valence electrons. The molecular weight excluding hydrogens is 551 g/mol. The Morgan fingerprint density at radius 2 is 1.75 bits per heavy atom. The van der Waals surface area contributed by atoms with E-state index in [1.54, 1.807) is 24.5 Å². The Labute approximate surface area is 227 Å². The van der Waals surface area contributed by atoms with Gasteiger partial charge in [-0.1, -0.05) is 5.16 Å².